The van der Waals surface area contributed by atoms with Gasteiger partial charge in [0.25, 0.3) is 0 Å². The summed E-state index contributed by atoms with van der Waals surface area (Å²) in [5, 5.41) is 0. The van der Waals surface area contributed by atoms with Gasteiger partial charge in [-0.25, -0.2) is 14.4 Å². The quantitative estimate of drug-likeness (QED) is 0.847. The highest BCUT2D eigenvalue weighted by atomic mass is 19.1. The predicted molar refractivity (Wildman–Crippen MR) is 57.4 cm³/mol. The maximum absolute atomic E-state index is 12.6. The molecule has 1 aromatic rings. The maximum Gasteiger partial charge on any atom is 0.316 e. The number of ether oxygens (including phenoxy) is 1. The molecule has 5 heteroatoms. The molecule has 2 atom stereocenters. The molecule has 0 radical (unpaired) electrons. The van der Waals surface area contributed by atoms with Gasteiger partial charge in [0.1, 0.15) is 6.10 Å². The number of rotatable bonds is 3. The Kier molecular flexibility index (Phi) is 3.66. The smallest absolute Gasteiger partial charge is 0.316 e. The molecule has 1 aliphatic rings. The number of nitrogens with zero attached hydrogens (tertiary/aromatic N) is 2. The number of hydrogen-bond acceptors (Lipinski definition) is 4. The molecule has 2 rings (SSSR count). The van der Waals surface area contributed by atoms with Gasteiger partial charge in [0.05, 0.1) is 12.4 Å². The third-order valence-electron chi connectivity index (χ3n) is 3.00. The third kappa shape index (κ3) is 2.66. The SMILES string of the molecule is NCC1CCCCC1Oc1ncc(F)cn1. The topological polar surface area (TPSA) is 61.0 Å². The van der Waals surface area contributed by atoms with Crippen LogP contribution in [0.1, 0.15) is 25.7 Å². The van der Waals surface area contributed by atoms with E-state index in [9.17, 15) is 4.39 Å². The van der Waals surface area contributed by atoms with Crippen molar-refractivity contribution in [3.63, 3.8) is 0 Å². The Bertz CT molecular complexity index is 331. The molecule has 4 nitrogen and oxygen atoms in total. The lowest BCUT2D eigenvalue weighted by atomic mass is 9.86. The van der Waals surface area contributed by atoms with E-state index >= 15 is 0 Å². The predicted octanol–water partition coefficient (Wildman–Crippen LogP) is 1.51. The van der Waals surface area contributed by atoms with Crippen molar-refractivity contribution in [2.24, 2.45) is 11.7 Å². The summed E-state index contributed by atoms with van der Waals surface area (Å²) in [5.41, 5.74) is 5.69. The largest absolute Gasteiger partial charge is 0.460 e. The fourth-order valence-electron chi connectivity index (χ4n) is 2.10. The van der Waals surface area contributed by atoms with Crippen molar-refractivity contribution in [2.75, 3.05) is 6.54 Å². The van der Waals surface area contributed by atoms with Crippen molar-refractivity contribution in [3.8, 4) is 6.01 Å². The highest BCUT2D eigenvalue weighted by molar-refractivity contribution is 4.97. The van der Waals surface area contributed by atoms with Crippen molar-refractivity contribution in [2.45, 2.75) is 31.8 Å². The lowest BCUT2D eigenvalue weighted by Crippen LogP contribution is -2.35. The monoisotopic (exact) mass is 225 g/mol. The number of aromatic nitrogens is 2. The highest BCUT2D eigenvalue weighted by Crippen LogP contribution is 2.26. The first kappa shape index (κ1) is 11.3. The first-order valence-electron chi connectivity index (χ1n) is 5.64. The fourth-order valence-corrected chi connectivity index (χ4v) is 2.10. The van der Waals surface area contributed by atoms with E-state index in [-0.39, 0.29) is 12.1 Å². The van der Waals surface area contributed by atoms with Crippen LogP contribution in [0.3, 0.4) is 0 Å². The Balaban J connectivity index is 1.99. The maximum atomic E-state index is 12.6. The van der Waals surface area contributed by atoms with Crippen molar-refractivity contribution in [1.29, 1.82) is 0 Å². The molecule has 0 spiro atoms. The van der Waals surface area contributed by atoms with E-state index < -0.39 is 5.82 Å². The van der Waals surface area contributed by atoms with Crippen LogP contribution >= 0.6 is 0 Å². The molecule has 1 aromatic heterocycles. The number of hydrogen-bond donors (Lipinski definition) is 1. The fraction of sp³-hybridized carbons (Fsp3) is 0.636. The summed E-state index contributed by atoms with van der Waals surface area (Å²) >= 11 is 0. The molecule has 0 aromatic carbocycles. The molecule has 1 aliphatic carbocycles. The van der Waals surface area contributed by atoms with Crippen LogP contribution in [-0.4, -0.2) is 22.6 Å². The summed E-state index contributed by atoms with van der Waals surface area (Å²) in [6, 6.07) is 0.242. The van der Waals surface area contributed by atoms with Gasteiger partial charge in [-0.2, -0.15) is 0 Å². The molecule has 0 saturated heterocycles. The second-order valence-corrected chi connectivity index (χ2v) is 4.12. The summed E-state index contributed by atoms with van der Waals surface area (Å²) in [5.74, 6) is -0.0891. The lowest BCUT2D eigenvalue weighted by molar-refractivity contribution is 0.0869. The molecule has 1 heterocycles. The second kappa shape index (κ2) is 5.21. The second-order valence-electron chi connectivity index (χ2n) is 4.12. The molecular formula is C11H16FN3O. The Morgan fingerprint density at radius 1 is 1.31 bits per heavy atom. The van der Waals surface area contributed by atoms with E-state index in [0.717, 1.165) is 31.7 Å². The van der Waals surface area contributed by atoms with E-state index in [2.05, 4.69) is 9.97 Å². The summed E-state index contributed by atoms with van der Waals surface area (Å²) < 4.78 is 18.3. The Morgan fingerprint density at radius 2 is 2.00 bits per heavy atom. The van der Waals surface area contributed by atoms with Gasteiger partial charge in [0.2, 0.25) is 0 Å². The summed E-state index contributed by atoms with van der Waals surface area (Å²) in [6.07, 6.45) is 6.70. The Morgan fingerprint density at radius 3 is 2.69 bits per heavy atom. The molecule has 0 bridgehead atoms. The lowest BCUT2D eigenvalue weighted by Gasteiger charge is -2.29. The molecule has 1 saturated carbocycles. The molecule has 0 amide bonds. The molecular weight excluding hydrogens is 209 g/mol. The number of halogens is 1. The molecule has 1 fully saturated rings. The third-order valence-corrected chi connectivity index (χ3v) is 3.00. The zero-order valence-corrected chi connectivity index (χ0v) is 9.10. The molecule has 0 aliphatic heterocycles. The minimum absolute atomic E-state index is 0.0733. The van der Waals surface area contributed by atoms with Gasteiger partial charge in [-0.1, -0.05) is 6.42 Å². The molecule has 2 unspecified atom stereocenters. The van der Waals surface area contributed by atoms with Gasteiger partial charge < -0.3 is 10.5 Å². The van der Waals surface area contributed by atoms with E-state index in [1.807, 2.05) is 0 Å². The van der Waals surface area contributed by atoms with Crippen LogP contribution in [0, 0.1) is 11.7 Å². The van der Waals surface area contributed by atoms with Gasteiger partial charge in [-0.15, -0.1) is 0 Å². The summed E-state index contributed by atoms with van der Waals surface area (Å²) in [7, 11) is 0. The van der Waals surface area contributed by atoms with Gasteiger partial charge in [0, 0.05) is 5.92 Å². The number of nitrogens with two attached hydrogens (primary N) is 1. The van der Waals surface area contributed by atoms with Gasteiger partial charge in [0.15, 0.2) is 5.82 Å². The van der Waals surface area contributed by atoms with Gasteiger partial charge >= 0.3 is 6.01 Å². The Hall–Kier alpha value is -1.23. The molecule has 16 heavy (non-hydrogen) atoms. The molecule has 2 N–H and O–H groups in total. The van der Waals surface area contributed by atoms with Crippen molar-refractivity contribution < 1.29 is 9.13 Å². The van der Waals surface area contributed by atoms with Crippen LogP contribution in [-0.2, 0) is 0 Å². The van der Waals surface area contributed by atoms with Gasteiger partial charge in [-0.05, 0) is 25.8 Å². The average Bonchev–Trinajstić information content (AvgIpc) is 2.33. The van der Waals surface area contributed by atoms with Crippen LogP contribution in [0.4, 0.5) is 4.39 Å². The van der Waals surface area contributed by atoms with Crippen LogP contribution in [0.2, 0.25) is 0 Å². The van der Waals surface area contributed by atoms with Crippen LogP contribution < -0.4 is 10.5 Å². The minimum atomic E-state index is -0.452. The summed E-state index contributed by atoms with van der Waals surface area (Å²) in [6.45, 7) is 0.617. The first-order chi connectivity index (χ1) is 7.79. The van der Waals surface area contributed by atoms with Crippen molar-refractivity contribution in [3.05, 3.63) is 18.2 Å². The van der Waals surface area contributed by atoms with E-state index in [1.165, 1.54) is 6.42 Å². The van der Waals surface area contributed by atoms with Crippen LogP contribution in [0.25, 0.3) is 0 Å². The zero-order valence-electron chi connectivity index (χ0n) is 9.10. The normalized spacial score (nSPS) is 25.4. The Labute approximate surface area is 94.0 Å². The van der Waals surface area contributed by atoms with Gasteiger partial charge in [-0.3, -0.25) is 0 Å². The standard InChI is InChI=1S/C11H16FN3O/c12-9-6-14-11(15-7-9)16-10-4-2-1-3-8(10)5-13/h6-8,10H,1-5,13H2. The van der Waals surface area contributed by atoms with Crippen LogP contribution in [0.5, 0.6) is 6.01 Å². The first-order valence-corrected chi connectivity index (χ1v) is 5.64. The minimum Gasteiger partial charge on any atom is -0.460 e. The van der Waals surface area contributed by atoms with Crippen LogP contribution in [0.15, 0.2) is 12.4 Å². The van der Waals surface area contributed by atoms with Crippen molar-refractivity contribution in [1.82, 2.24) is 9.97 Å². The van der Waals surface area contributed by atoms with Crippen molar-refractivity contribution >= 4 is 0 Å². The van der Waals surface area contributed by atoms with E-state index in [4.69, 9.17) is 10.5 Å². The highest BCUT2D eigenvalue weighted by Gasteiger charge is 2.26. The van der Waals surface area contributed by atoms with E-state index in [0.29, 0.717) is 12.5 Å². The summed E-state index contributed by atoms with van der Waals surface area (Å²) in [4.78, 5) is 7.58. The van der Waals surface area contributed by atoms with E-state index in [1.54, 1.807) is 0 Å². The molecule has 88 valence electrons. The zero-order chi connectivity index (χ0) is 11.4. The average molecular weight is 225 g/mol.